The predicted octanol–water partition coefficient (Wildman–Crippen LogP) is 4.04. The van der Waals surface area contributed by atoms with E-state index in [1.165, 1.54) is 0 Å². The average Bonchev–Trinajstić information content (AvgIpc) is 3.10. The Labute approximate surface area is 150 Å². The normalized spacial score (nSPS) is 15.3. The van der Waals surface area contributed by atoms with E-state index in [0.29, 0.717) is 24.8 Å². The van der Waals surface area contributed by atoms with Gasteiger partial charge in [0.25, 0.3) is 6.01 Å². The van der Waals surface area contributed by atoms with E-state index in [9.17, 15) is 9.90 Å². The monoisotopic (exact) mass is 350 g/mol. The third-order valence-electron chi connectivity index (χ3n) is 4.49. The molecule has 6 nitrogen and oxygen atoms in total. The Hall–Kier alpha value is -3.28. The molecule has 0 amide bonds. The smallest absolute Gasteiger partial charge is 0.312 e. The number of nitrogens with zero attached hydrogens (tertiary/aromatic N) is 2. The van der Waals surface area contributed by atoms with Crippen LogP contribution < -0.4 is 9.64 Å². The SMILES string of the molecule is CC1(C(=O)O)CN(c2nc(-c3ccc(Oc4ccccc4)cc3)co2)C1. The molecule has 4 rings (SSSR count). The topological polar surface area (TPSA) is 75.8 Å². The Morgan fingerprint density at radius 1 is 1.12 bits per heavy atom. The van der Waals surface area contributed by atoms with Gasteiger partial charge in [-0.05, 0) is 43.3 Å². The first-order valence-corrected chi connectivity index (χ1v) is 8.31. The fourth-order valence-electron chi connectivity index (χ4n) is 2.93. The van der Waals surface area contributed by atoms with Crippen molar-refractivity contribution in [2.75, 3.05) is 18.0 Å². The van der Waals surface area contributed by atoms with Gasteiger partial charge < -0.3 is 19.2 Å². The van der Waals surface area contributed by atoms with E-state index in [1.54, 1.807) is 13.2 Å². The van der Waals surface area contributed by atoms with Crippen molar-refractivity contribution in [3.63, 3.8) is 0 Å². The highest BCUT2D eigenvalue weighted by Crippen LogP contribution is 2.35. The fourth-order valence-corrected chi connectivity index (χ4v) is 2.93. The Bertz CT molecular complexity index is 912. The second-order valence-electron chi connectivity index (χ2n) is 6.68. The van der Waals surface area contributed by atoms with E-state index in [0.717, 1.165) is 17.1 Å². The van der Waals surface area contributed by atoms with E-state index in [2.05, 4.69) is 4.98 Å². The van der Waals surface area contributed by atoms with Gasteiger partial charge in [-0.25, -0.2) is 0 Å². The van der Waals surface area contributed by atoms with Crippen LogP contribution in [0.3, 0.4) is 0 Å². The molecule has 1 aliphatic rings. The lowest BCUT2D eigenvalue weighted by Gasteiger charge is -2.43. The first-order chi connectivity index (χ1) is 12.5. The van der Waals surface area contributed by atoms with Gasteiger partial charge in [0.2, 0.25) is 0 Å². The quantitative estimate of drug-likeness (QED) is 0.748. The molecular formula is C20H18N2O4. The summed E-state index contributed by atoms with van der Waals surface area (Å²) in [5.74, 6) is 0.724. The summed E-state index contributed by atoms with van der Waals surface area (Å²) < 4.78 is 11.3. The van der Waals surface area contributed by atoms with E-state index in [4.69, 9.17) is 9.15 Å². The minimum atomic E-state index is -0.797. The molecule has 1 saturated heterocycles. The number of ether oxygens (including phenoxy) is 1. The Morgan fingerprint density at radius 2 is 1.77 bits per heavy atom. The summed E-state index contributed by atoms with van der Waals surface area (Å²) in [6.07, 6.45) is 1.58. The van der Waals surface area contributed by atoms with Crippen LogP contribution in [0.5, 0.6) is 11.5 Å². The number of carboxylic acid groups (broad SMARTS) is 1. The summed E-state index contributed by atoms with van der Waals surface area (Å²) in [4.78, 5) is 17.5. The van der Waals surface area contributed by atoms with E-state index in [1.807, 2.05) is 59.5 Å². The minimum absolute atomic E-state index is 0.395. The van der Waals surface area contributed by atoms with Crippen LogP contribution in [-0.2, 0) is 4.79 Å². The van der Waals surface area contributed by atoms with Gasteiger partial charge in [0.1, 0.15) is 28.9 Å². The van der Waals surface area contributed by atoms with Gasteiger partial charge >= 0.3 is 5.97 Å². The molecule has 0 radical (unpaired) electrons. The summed E-state index contributed by atoms with van der Waals surface area (Å²) >= 11 is 0. The van der Waals surface area contributed by atoms with Gasteiger partial charge in [-0.15, -0.1) is 0 Å². The summed E-state index contributed by atoms with van der Waals surface area (Å²) in [7, 11) is 0. The van der Waals surface area contributed by atoms with E-state index < -0.39 is 11.4 Å². The Morgan fingerprint density at radius 3 is 2.42 bits per heavy atom. The third kappa shape index (κ3) is 3.01. The highest BCUT2D eigenvalue weighted by molar-refractivity contribution is 5.78. The number of carbonyl (C=O) groups is 1. The number of hydrogen-bond acceptors (Lipinski definition) is 5. The van der Waals surface area contributed by atoms with E-state index >= 15 is 0 Å². The van der Waals surface area contributed by atoms with Gasteiger partial charge in [-0.2, -0.15) is 4.98 Å². The van der Waals surface area contributed by atoms with Crippen LogP contribution in [0.1, 0.15) is 6.92 Å². The number of aromatic nitrogens is 1. The van der Waals surface area contributed by atoms with Crippen LogP contribution in [-0.4, -0.2) is 29.1 Å². The predicted molar refractivity (Wildman–Crippen MR) is 96.4 cm³/mol. The number of aliphatic carboxylic acids is 1. The molecule has 132 valence electrons. The van der Waals surface area contributed by atoms with Gasteiger partial charge in [0, 0.05) is 18.7 Å². The van der Waals surface area contributed by atoms with E-state index in [-0.39, 0.29) is 0 Å². The number of rotatable bonds is 5. The number of anilines is 1. The number of hydrogen-bond donors (Lipinski definition) is 1. The van der Waals surface area contributed by atoms with Crippen LogP contribution in [0.15, 0.2) is 65.3 Å². The molecule has 6 heteroatoms. The molecule has 1 aliphatic heterocycles. The highest BCUT2D eigenvalue weighted by Gasteiger charge is 2.47. The molecule has 3 aromatic rings. The molecule has 1 fully saturated rings. The molecule has 0 saturated carbocycles. The van der Waals surface area contributed by atoms with Gasteiger partial charge in [-0.1, -0.05) is 18.2 Å². The lowest BCUT2D eigenvalue weighted by molar-refractivity contribution is -0.149. The first kappa shape index (κ1) is 16.2. The van der Waals surface area contributed by atoms with Crippen molar-refractivity contribution in [3.8, 4) is 22.8 Å². The largest absolute Gasteiger partial charge is 0.481 e. The van der Waals surface area contributed by atoms with Crippen molar-refractivity contribution in [2.24, 2.45) is 5.41 Å². The van der Waals surface area contributed by atoms with Crippen LogP contribution in [0.2, 0.25) is 0 Å². The van der Waals surface area contributed by atoms with Crippen molar-refractivity contribution in [1.29, 1.82) is 0 Å². The number of para-hydroxylation sites is 1. The van der Waals surface area contributed by atoms with Crippen molar-refractivity contribution in [1.82, 2.24) is 4.98 Å². The molecule has 0 atom stereocenters. The van der Waals surface area contributed by atoms with Crippen molar-refractivity contribution in [3.05, 3.63) is 60.9 Å². The lowest BCUT2D eigenvalue weighted by Crippen LogP contribution is -2.59. The minimum Gasteiger partial charge on any atom is -0.481 e. The molecule has 0 aliphatic carbocycles. The zero-order valence-electron chi connectivity index (χ0n) is 14.3. The second kappa shape index (κ2) is 6.22. The molecule has 0 unspecified atom stereocenters. The average molecular weight is 350 g/mol. The zero-order valence-corrected chi connectivity index (χ0v) is 14.3. The highest BCUT2D eigenvalue weighted by atomic mass is 16.5. The van der Waals surface area contributed by atoms with Gasteiger partial charge in [0.15, 0.2) is 0 Å². The molecule has 0 bridgehead atoms. The summed E-state index contributed by atoms with van der Waals surface area (Å²) in [6, 6.07) is 17.6. The zero-order chi connectivity index (χ0) is 18.1. The van der Waals surface area contributed by atoms with Crippen LogP contribution in [0, 0.1) is 5.41 Å². The molecule has 1 aromatic heterocycles. The first-order valence-electron chi connectivity index (χ1n) is 8.31. The molecular weight excluding hydrogens is 332 g/mol. The Kier molecular flexibility index (Phi) is 3.88. The molecule has 2 aromatic carbocycles. The Balaban J connectivity index is 1.44. The molecule has 0 spiro atoms. The second-order valence-corrected chi connectivity index (χ2v) is 6.68. The van der Waals surface area contributed by atoms with Crippen molar-refractivity contribution in [2.45, 2.75) is 6.92 Å². The lowest BCUT2D eigenvalue weighted by atomic mass is 9.82. The third-order valence-corrected chi connectivity index (χ3v) is 4.49. The maximum atomic E-state index is 11.2. The summed E-state index contributed by atoms with van der Waals surface area (Å²) in [5, 5.41) is 9.18. The van der Waals surface area contributed by atoms with Crippen LogP contribution in [0.4, 0.5) is 6.01 Å². The van der Waals surface area contributed by atoms with Crippen LogP contribution in [0.25, 0.3) is 11.3 Å². The molecule has 1 N–H and O–H groups in total. The number of oxazole rings is 1. The summed E-state index contributed by atoms with van der Waals surface area (Å²) in [5.41, 5.74) is 0.877. The number of benzene rings is 2. The number of carboxylic acids is 1. The molecule has 2 heterocycles. The molecule has 26 heavy (non-hydrogen) atoms. The standard InChI is InChI=1S/C20H18N2O4/c1-20(18(23)24)12-22(13-20)19-21-17(11-25-19)14-7-9-16(10-8-14)26-15-5-3-2-4-6-15/h2-11H,12-13H2,1H3,(H,23,24). The van der Waals surface area contributed by atoms with Crippen LogP contribution >= 0.6 is 0 Å². The fraction of sp³-hybridized carbons (Fsp3) is 0.200. The van der Waals surface area contributed by atoms with Crippen molar-refractivity contribution < 1.29 is 19.1 Å². The van der Waals surface area contributed by atoms with Gasteiger partial charge in [0.05, 0.1) is 0 Å². The van der Waals surface area contributed by atoms with Gasteiger partial charge in [-0.3, -0.25) is 4.79 Å². The maximum absolute atomic E-state index is 11.2. The maximum Gasteiger partial charge on any atom is 0.312 e. The van der Waals surface area contributed by atoms with Crippen molar-refractivity contribution >= 4 is 12.0 Å². The summed E-state index contributed by atoms with van der Waals surface area (Å²) in [6.45, 7) is 2.51.